The van der Waals surface area contributed by atoms with E-state index in [9.17, 15) is 4.79 Å². The van der Waals surface area contributed by atoms with Gasteiger partial charge in [0.1, 0.15) is 11.4 Å². The molecule has 6 nitrogen and oxygen atoms in total. The Kier molecular flexibility index (Phi) is 5.39. The summed E-state index contributed by atoms with van der Waals surface area (Å²) in [6.07, 6.45) is 10.1. The van der Waals surface area contributed by atoms with Gasteiger partial charge in [-0.3, -0.25) is 4.98 Å². The molecule has 2 saturated heterocycles. The molecule has 3 heterocycles. The second-order valence-corrected chi connectivity index (χ2v) is 7.97. The Morgan fingerprint density at radius 1 is 1.23 bits per heavy atom. The standard InChI is InChI=1S/C20H29N3O3/c1-5-10-25-18-11-17(12-21-13-18)23-15-6-7-16(23)14-22(9-8-15)19(24)26-20(2,3)4/h5,10-13,15-16H,6-9,14H2,1-4H3/b10-5-/t15-,16+/m0/s1. The van der Waals surface area contributed by atoms with E-state index in [1.807, 2.05) is 50.9 Å². The van der Waals surface area contributed by atoms with Crippen molar-refractivity contribution >= 4 is 11.8 Å². The van der Waals surface area contributed by atoms with Gasteiger partial charge in [0.15, 0.2) is 0 Å². The van der Waals surface area contributed by atoms with Crippen LogP contribution in [0.5, 0.6) is 5.75 Å². The number of allylic oxidation sites excluding steroid dienone is 1. The number of nitrogens with zero attached hydrogens (tertiary/aromatic N) is 3. The highest BCUT2D eigenvalue weighted by Gasteiger charge is 2.39. The summed E-state index contributed by atoms with van der Waals surface area (Å²) in [6, 6.07) is 2.74. The summed E-state index contributed by atoms with van der Waals surface area (Å²) in [7, 11) is 0. The van der Waals surface area contributed by atoms with E-state index in [2.05, 4.69) is 9.88 Å². The van der Waals surface area contributed by atoms with Gasteiger partial charge in [-0.2, -0.15) is 0 Å². The number of ether oxygens (including phenoxy) is 2. The Hall–Kier alpha value is -2.24. The first-order valence-electron chi connectivity index (χ1n) is 9.36. The quantitative estimate of drug-likeness (QED) is 0.764. The molecule has 0 unspecified atom stereocenters. The summed E-state index contributed by atoms with van der Waals surface area (Å²) >= 11 is 0. The van der Waals surface area contributed by atoms with Crippen LogP contribution in [0.15, 0.2) is 30.8 Å². The largest absolute Gasteiger partial charge is 0.464 e. The molecule has 3 rings (SSSR count). The molecule has 2 aliphatic rings. The number of amides is 1. The van der Waals surface area contributed by atoms with Crippen molar-refractivity contribution in [1.29, 1.82) is 0 Å². The van der Waals surface area contributed by atoms with E-state index in [4.69, 9.17) is 9.47 Å². The molecule has 142 valence electrons. The van der Waals surface area contributed by atoms with Gasteiger partial charge in [-0.05, 0) is 47.0 Å². The van der Waals surface area contributed by atoms with Crippen molar-refractivity contribution in [3.63, 3.8) is 0 Å². The van der Waals surface area contributed by atoms with Crippen molar-refractivity contribution < 1.29 is 14.3 Å². The summed E-state index contributed by atoms with van der Waals surface area (Å²) < 4.78 is 11.1. The van der Waals surface area contributed by atoms with Crippen LogP contribution in [0.2, 0.25) is 0 Å². The van der Waals surface area contributed by atoms with Crippen molar-refractivity contribution in [2.24, 2.45) is 0 Å². The maximum absolute atomic E-state index is 12.5. The lowest BCUT2D eigenvalue weighted by molar-refractivity contribution is 0.0243. The number of anilines is 1. The molecule has 2 bridgehead atoms. The van der Waals surface area contributed by atoms with Gasteiger partial charge in [0.05, 0.1) is 24.3 Å². The summed E-state index contributed by atoms with van der Waals surface area (Å²) in [5, 5.41) is 0. The number of fused-ring (bicyclic) bond motifs is 2. The molecular weight excluding hydrogens is 330 g/mol. The van der Waals surface area contributed by atoms with Crippen molar-refractivity contribution in [3.8, 4) is 5.75 Å². The van der Waals surface area contributed by atoms with Gasteiger partial charge in [-0.15, -0.1) is 0 Å². The van der Waals surface area contributed by atoms with Gasteiger partial charge in [0.2, 0.25) is 0 Å². The second kappa shape index (κ2) is 7.56. The number of hydrogen-bond acceptors (Lipinski definition) is 5. The number of carbonyl (C=O) groups is 1. The number of pyridine rings is 1. The van der Waals surface area contributed by atoms with Gasteiger partial charge in [-0.1, -0.05) is 6.08 Å². The number of carbonyl (C=O) groups excluding carboxylic acids is 1. The lowest BCUT2D eigenvalue weighted by Crippen LogP contribution is -2.43. The van der Waals surface area contributed by atoms with Crippen molar-refractivity contribution in [1.82, 2.24) is 9.88 Å². The Labute approximate surface area is 155 Å². The molecule has 1 aromatic rings. The summed E-state index contributed by atoms with van der Waals surface area (Å²) in [4.78, 5) is 21.1. The number of hydrogen-bond donors (Lipinski definition) is 0. The first-order chi connectivity index (χ1) is 12.4. The minimum absolute atomic E-state index is 0.215. The highest BCUT2D eigenvalue weighted by Crippen LogP contribution is 2.36. The molecule has 2 aliphatic heterocycles. The topological polar surface area (TPSA) is 54.9 Å². The van der Waals surface area contributed by atoms with E-state index in [-0.39, 0.29) is 12.1 Å². The smallest absolute Gasteiger partial charge is 0.410 e. The predicted octanol–water partition coefficient (Wildman–Crippen LogP) is 3.97. The number of aromatic nitrogens is 1. The van der Waals surface area contributed by atoms with Crippen LogP contribution in [0, 0.1) is 0 Å². The molecule has 0 N–H and O–H groups in total. The van der Waals surface area contributed by atoms with E-state index in [0.29, 0.717) is 12.6 Å². The van der Waals surface area contributed by atoms with Crippen LogP contribution >= 0.6 is 0 Å². The van der Waals surface area contributed by atoms with Crippen molar-refractivity contribution in [2.75, 3.05) is 18.0 Å². The van der Waals surface area contributed by atoms with Crippen LogP contribution < -0.4 is 9.64 Å². The number of likely N-dealkylation sites (tertiary alicyclic amines) is 1. The molecule has 1 aromatic heterocycles. The Morgan fingerprint density at radius 3 is 2.73 bits per heavy atom. The zero-order valence-corrected chi connectivity index (χ0v) is 16.1. The highest BCUT2D eigenvalue weighted by molar-refractivity contribution is 5.68. The summed E-state index contributed by atoms with van der Waals surface area (Å²) in [6.45, 7) is 9.05. The van der Waals surface area contributed by atoms with Gasteiger partial charge in [0, 0.05) is 31.2 Å². The van der Waals surface area contributed by atoms with Crippen LogP contribution in [0.3, 0.4) is 0 Å². The fraction of sp³-hybridized carbons (Fsp3) is 0.600. The van der Waals surface area contributed by atoms with Crippen LogP contribution in [0.4, 0.5) is 10.5 Å². The van der Waals surface area contributed by atoms with Gasteiger partial charge in [-0.25, -0.2) is 4.79 Å². The Bertz CT molecular complexity index is 669. The van der Waals surface area contributed by atoms with Crippen molar-refractivity contribution in [2.45, 2.75) is 64.6 Å². The lowest BCUT2D eigenvalue weighted by atomic mass is 10.1. The molecule has 6 heteroatoms. The zero-order valence-electron chi connectivity index (χ0n) is 16.1. The van der Waals surface area contributed by atoms with E-state index in [1.54, 1.807) is 12.5 Å². The molecule has 0 aromatic carbocycles. The average molecular weight is 359 g/mol. The third kappa shape index (κ3) is 4.29. The maximum atomic E-state index is 12.5. The minimum atomic E-state index is -0.468. The molecule has 0 spiro atoms. The predicted molar refractivity (Wildman–Crippen MR) is 101 cm³/mol. The van der Waals surface area contributed by atoms with E-state index in [1.165, 1.54) is 0 Å². The van der Waals surface area contributed by atoms with E-state index < -0.39 is 5.60 Å². The lowest BCUT2D eigenvalue weighted by Gasteiger charge is -2.31. The molecule has 2 fully saturated rings. The molecule has 0 aliphatic carbocycles. The fourth-order valence-corrected chi connectivity index (χ4v) is 3.75. The SMILES string of the molecule is C/C=C\Oc1cncc(N2[C@H]3CC[C@@H]2CN(C(=O)OC(C)(C)C)CC3)c1. The summed E-state index contributed by atoms with van der Waals surface area (Å²) in [5.41, 5.74) is 0.593. The zero-order chi connectivity index (χ0) is 18.7. The van der Waals surface area contributed by atoms with Gasteiger partial charge < -0.3 is 19.3 Å². The van der Waals surface area contributed by atoms with Crippen LogP contribution in [0.1, 0.15) is 47.0 Å². The van der Waals surface area contributed by atoms with E-state index in [0.717, 1.165) is 37.2 Å². The second-order valence-electron chi connectivity index (χ2n) is 7.97. The van der Waals surface area contributed by atoms with Crippen molar-refractivity contribution in [3.05, 3.63) is 30.8 Å². The van der Waals surface area contributed by atoms with Crippen LogP contribution in [-0.2, 0) is 4.74 Å². The van der Waals surface area contributed by atoms with Gasteiger partial charge in [0.25, 0.3) is 0 Å². The van der Waals surface area contributed by atoms with Gasteiger partial charge >= 0.3 is 6.09 Å². The molecular formula is C20H29N3O3. The third-order valence-corrected chi connectivity index (χ3v) is 4.77. The molecule has 0 radical (unpaired) electrons. The molecule has 26 heavy (non-hydrogen) atoms. The highest BCUT2D eigenvalue weighted by atomic mass is 16.6. The first kappa shape index (κ1) is 18.5. The Morgan fingerprint density at radius 2 is 2.00 bits per heavy atom. The van der Waals surface area contributed by atoms with Crippen LogP contribution in [-0.4, -0.2) is 46.8 Å². The van der Waals surface area contributed by atoms with Crippen LogP contribution in [0.25, 0.3) is 0 Å². The summed E-state index contributed by atoms with van der Waals surface area (Å²) in [5.74, 6) is 0.730. The minimum Gasteiger partial charge on any atom is -0.464 e. The Balaban J connectivity index is 1.75. The molecule has 0 saturated carbocycles. The number of rotatable bonds is 3. The maximum Gasteiger partial charge on any atom is 0.410 e. The first-order valence-corrected chi connectivity index (χ1v) is 9.36. The third-order valence-electron chi connectivity index (χ3n) is 4.77. The normalized spacial score (nSPS) is 23.2. The van der Waals surface area contributed by atoms with E-state index >= 15 is 0 Å². The molecule has 1 amide bonds. The fourth-order valence-electron chi connectivity index (χ4n) is 3.75. The molecule has 2 atom stereocenters. The monoisotopic (exact) mass is 359 g/mol. The average Bonchev–Trinajstić information content (AvgIpc) is 2.85.